The molecular formula is C10H10N3-. The first-order valence-corrected chi connectivity index (χ1v) is 4.16. The summed E-state index contributed by atoms with van der Waals surface area (Å²) >= 11 is 0. The van der Waals surface area contributed by atoms with Crippen LogP contribution < -0.4 is 5.10 Å². The van der Waals surface area contributed by atoms with Gasteiger partial charge in [0.2, 0.25) is 0 Å². The molecule has 0 fully saturated rings. The molecule has 0 saturated heterocycles. The minimum absolute atomic E-state index is 0.976. The molecule has 0 aliphatic heterocycles. The van der Waals surface area contributed by atoms with Crippen molar-refractivity contribution >= 4 is 0 Å². The number of hydrogen-bond acceptors (Lipinski definition) is 2. The molecule has 0 amide bonds. The summed E-state index contributed by atoms with van der Waals surface area (Å²) in [6.07, 6.45) is 3.56. The van der Waals surface area contributed by atoms with Crippen molar-refractivity contribution in [2.24, 2.45) is 0 Å². The summed E-state index contributed by atoms with van der Waals surface area (Å²) in [7, 11) is 0. The van der Waals surface area contributed by atoms with Crippen LogP contribution in [-0.2, 0) is 0 Å². The maximum atomic E-state index is 4.02. The van der Waals surface area contributed by atoms with Crippen LogP contribution >= 0.6 is 0 Å². The minimum atomic E-state index is 0.976. The summed E-state index contributed by atoms with van der Waals surface area (Å²) < 4.78 is 0. The Kier molecular flexibility index (Phi) is 1.85. The van der Waals surface area contributed by atoms with Crippen molar-refractivity contribution in [1.29, 1.82) is 0 Å². The van der Waals surface area contributed by atoms with Crippen LogP contribution in [0.2, 0.25) is 0 Å². The highest BCUT2D eigenvalue weighted by Gasteiger charge is 2.01. The molecule has 0 saturated carbocycles. The van der Waals surface area contributed by atoms with E-state index in [0.717, 1.165) is 22.5 Å². The summed E-state index contributed by atoms with van der Waals surface area (Å²) in [5.74, 6) is 0. The summed E-state index contributed by atoms with van der Waals surface area (Å²) in [6, 6.07) is 3.94. The van der Waals surface area contributed by atoms with Crippen LogP contribution in [0.5, 0.6) is 0 Å². The van der Waals surface area contributed by atoms with Gasteiger partial charge in [0.05, 0.1) is 0 Å². The normalized spacial score (nSPS) is 10.3. The van der Waals surface area contributed by atoms with Crippen molar-refractivity contribution in [3.05, 3.63) is 35.9 Å². The molecule has 3 nitrogen and oxygen atoms in total. The second-order valence-corrected chi connectivity index (χ2v) is 2.98. The number of pyridine rings is 1. The molecule has 2 aromatic rings. The van der Waals surface area contributed by atoms with Crippen LogP contribution in [0, 0.1) is 13.8 Å². The fourth-order valence-electron chi connectivity index (χ4n) is 1.45. The van der Waals surface area contributed by atoms with Crippen LogP contribution in [0.1, 0.15) is 11.4 Å². The van der Waals surface area contributed by atoms with Gasteiger partial charge in [-0.1, -0.05) is 6.92 Å². The SMILES string of the molecule is Cc1n[n-]c(C)c1-c1ccncc1. The standard InChI is InChI=1S/C10H10N3/c1-7-10(8(2)13-12-7)9-3-5-11-6-4-9/h3-6H,1-2H3/q-1. The molecule has 13 heavy (non-hydrogen) atoms. The van der Waals surface area contributed by atoms with Gasteiger partial charge >= 0.3 is 0 Å². The van der Waals surface area contributed by atoms with Crippen molar-refractivity contribution in [2.45, 2.75) is 13.8 Å². The second-order valence-electron chi connectivity index (χ2n) is 2.98. The van der Waals surface area contributed by atoms with Crippen LogP contribution in [0.15, 0.2) is 24.5 Å². The lowest BCUT2D eigenvalue weighted by atomic mass is 10.1. The first kappa shape index (κ1) is 7.98. The first-order valence-electron chi connectivity index (χ1n) is 4.16. The van der Waals surface area contributed by atoms with Gasteiger partial charge in [-0.2, -0.15) is 0 Å². The number of aryl methyl sites for hydroxylation is 2. The van der Waals surface area contributed by atoms with Gasteiger partial charge in [-0.25, -0.2) is 0 Å². The van der Waals surface area contributed by atoms with Gasteiger partial charge in [0.1, 0.15) is 0 Å². The molecule has 0 atom stereocenters. The molecule has 0 radical (unpaired) electrons. The van der Waals surface area contributed by atoms with Gasteiger partial charge in [0.25, 0.3) is 0 Å². The average Bonchev–Trinajstić information content (AvgIpc) is 2.48. The van der Waals surface area contributed by atoms with E-state index in [-0.39, 0.29) is 0 Å². The predicted molar refractivity (Wildman–Crippen MR) is 50.3 cm³/mol. The average molecular weight is 172 g/mol. The Morgan fingerprint density at radius 3 is 2.38 bits per heavy atom. The van der Waals surface area contributed by atoms with Gasteiger partial charge in [-0.15, -0.1) is 5.69 Å². The molecular weight excluding hydrogens is 162 g/mol. The van der Waals surface area contributed by atoms with E-state index in [2.05, 4.69) is 15.2 Å². The van der Waals surface area contributed by atoms with Crippen LogP contribution in [-0.4, -0.2) is 10.1 Å². The predicted octanol–water partition coefficient (Wildman–Crippen LogP) is 1.72. The van der Waals surface area contributed by atoms with Crippen molar-refractivity contribution < 1.29 is 0 Å². The summed E-state index contributed by atoms with van der Waals surface area (Å²) in [5.41, 5.74) is 4.21. The number of hydrogen-bond donors (Lipinski definition) is 0. The Hall–Kier alpha value is -1.64. The number of nitrogens with zero attached hydrogens (tertiary/aromatic N) is 3. The molecule has 66 valence electrons. The summed E-state index contributed by atoms with van der Waals surface area (Å²) in [5, 5.41) is 8.04. The highest BCUT2D eigenvalue weighted by Crippen LogP contribution is 2.23. The van der Waals surface area contributed by atoms with Crippen molar-refractivity contribution in [3.8, 4) is 11.1 Å². The molecule has 0 aliphatic carbocycles. The van der Waals surface area contributed by atoms with Crippen LogP contribution in [0.25, 0.3) is 11.1 Å². The Morgan fingerprint density at radius 1 is 1.15 bits per heavy atom. The number of rotatable bonds is 1. The minimum Gasteiger partial charge on any atom is -0.578 e. The highest BCUT2D eigenvalue weighted by molar-refractivity contribution is 5.67. The van der Waals surface area contributed by atoms with Crippen LogP contribution in [0.3, 0.4) is 0 Å². The zero-order chi connectivity index (χ0) is 9.26. The van der Waals surface area contributed by atoms with E-state index in [1.807, 2.05) is 26.0 Å². The van der Waals surface area contributed by atoms with E-state index >= 15 is 0 Å². The quantitative estimate of drug-likeness (QED) is 0.657. The van der Waals surface area contributed by atoms with E-state index in [1.54, 1.807) is 12.4 Å². The molecule has 0 unspecified atom stereocenters. The molecule has 2 rings (SSSR count). The van der Waals surface area contributed by atoms with E-state index in [1.165, 1.54) is 0 Å². The summed E-state index contributed by atoms with van der Waals surface area (Å²) in [4.78, 5) is 3.97. The van der Waals surface area contributed by atoms with E-state index in [9.17, 15) is 0 Å². The van der Waals surface area contributed by atoms with Gasteiger partial charge in [0, 0.05) is 18.1 Å². The maximum absolute atomic E-state index is 4.02. The Balaban J connectivity index is 2.59. The zero-order valence-corrected chi connectivity index (χ0v) is 7.65. The second kappa shape index (κ2) is 3.01. The van der Waals surface area contributed by atoms with Gasteiger partial charge in [0.15, 0.2) is 0 Å². The molecule has 0 N–H and O–H groups in total. The molecule has 0 bridgehead atoms. The van der Waals surface area contributed by atoms with Gasteiger partial charge in [-0.05, 0) is 30.2 Å². The Morgan fingerprint density at radius 2 is 1.85 bits per heavy atom. The van der Waals surface area contributed by atoms with Crippen molar-refractivity contribution in [3.63, 3.8) is 0 Å². The third kappa shape index (κ3) is 1.33. The topological polar surface area (TPSA) is 39.9 Å². The van der Waals surface area contributed by atoms with Crippen molar-refractivity contribution in [2.75, 3.05) is 0 Å². The fraction of sp³-hybridized carbons (Fsp3) is 0.200. The van der Waals surface area contributed by atoms with Crippen LogP contribution in [0.4, 0.5) is 0 Å². The first-order chi connectivity index (χ1) is 6.29. The largest absolute Gasteiger partial charge is 0.578 e. The number of aromatic nitrogens is 3. The molecule has 2 heterocycles. The molecule has 0 aromatic carbocycles. The fourth-order valence-corrected chi connectivity index (χ4v) is 1.45. The lowest BCUT2D eigenvalue weighted by Gasteiger charge is -2.04. The van der Waals surface area contributed by atoms with E-state index in [4.69, 9.17) is 0 Å². The van der Waals surface area contributed by atoms with Gasteiger partial charge < -0.3 is 10.2 Å². The Labute approximate surface area is 76.8 Å². The highest BCUT2D eigenvalue weighted by atomic mass is 15.1. The van der Waals surface area contributed by atoms with Crippen molar-refractivity contribution in [1.82, 2.24) is 15.2 Å². The molecule has 3 heteroatoms. The van der Waals surface area contributed by atoms with Gasteiger partial charge in [-0.3, -0.25) is 4.98 Å². The maximum Gasteiger partial charge on any atom is 0.0273 e. The zero-order valence-electron chi connectivity index (χ0n) is 7.65. The smallest absolute Gasteiger partial charge is 0.0273 e. The molecule has 2 aromatic heterocycles. The monoisotopic (exact) mass is 172 g/mol. The molecule has 0 spiro atoms. The Bertz CT molecular complexity index is 384. The third-order valence-electron chi connectivity index (χ3n) is 2.04. The lowest BCUT2D eigenvalue weighted by Crippen LogP contribution is -1.82. The third-order valence-corrected chi connectivity index (χ3v) is 2.04. The van der Waals surface area contributed by atoms with E-state index in [0.29, 0.717) is 0 Å². The molecule has 0 aliphatic rings. The summed E-state index contributed by atoms with van der Waals surface area (Å²) in [6.45, 7) is 3.94. The lowest BCUT2D eigenvalue weighted by molar-refractivity contribution is 0.990. The van der Waals surface area contributed by atoms with E-state index < -0.39 is 0 Å².